The van der Waals surface area contributed by atoms with Crippen LogP contribution >= 0.6 is 0 Å². The molecule has 0 saturated heterocycles. The Bertz CT molecular complexity index is 593. The Balaban J connectivity index is 2.25. The van der Waals surface area contributed by atoms with E-state index < -0.39 is 0 Å². The smallest absolute Gasteiger partial charge is 0.160 e. The number of benzene rings is 2. The van der Waals surface area contributed by atoms with E-state index in [0.29, 0.717) is 11.5 Å². The Morgan fingerprint density at radius 2 is 1.76 bits per heavy atom. The highest BCUT2D eigenvalue weighted by Gasteiger charge is 2.14. The van der Waals surface area contributed by atoms with Crippen LogP contribution in [0.15, 0.2) is 42.5 Å². The van der Waals surface area contributed by atoms with Gasteiger partial charge in [-0.25, -0.2) is 0 Å². The Labute approximate surface area is 126 Å². The van der Waals surface area contributed by atoms with Gasteiger partial charge < -0.3 is 14.6 Å². The lowest BCUT2D eigenvalue weighted by Gasteiger charge is -2.17. The minimum absolute atomic E-state index is 0.0478. The molecule has 0 bridgehead atoms. The molecule has 0 radical (unpaired) electrons. The summed E-state index contributed by atoms with van der Waals surface area (Å²) in [7, 11) is 3.24. The van der Waals surface area contributed by atoms with E-state index in [9.17, 15) is 5.11 Å². The molecular formula is C18H22O3. The van der Waals surface area contributed by atoms with Gasteiger partial charge in [0.05, 0.1) is 20.8 Å². The average Bonchev–Trinajstić information content (AvgIpc) is 2.52. The number of ether oxygens (including phenoxy) is 2. The SMILES string of the molecule is COc1ccc(C(CO)Cc2cccc(C)c2)cc1OC. The van der Waals surface area contributed by atoms with Crippen LogP contribution in [-0.4, -0.2) is 25.9 Å². The molecule has 2 rings (SSSR count). The van der Waals surface area contributed by atoms with Crippen molar-refractivity contribution in [3.05, 3.63) is 59.2 Å². The number of rotatable bonds is 6. The number of methoxy groups -OCH3 is 2. The number of aliphatic hydroxyl groups excluding tert-OH is 1. The molecule has 2 aromatic rings. The lowest BCUT2D eigenvalue weighted by atomic mass is 9.92. The van der Waals surface area contributed by atoms with Gasteiger partial charge in [-0.3, -0.25) is 0 Å². The molecule has 1 atom stereocenters. The fourth-order valence-electron chi connectivity index (χ4n) is 2.52. The van der Waals surface area contributed by atoms with Crippen LogP contribution in [0.4, 0.5) is 0 Å². The topological polar surface area (TPSA) is 38.7 Å². The van der Waals surface area contributed by atoms with Crippen LogP contribution < -0.4 is 9.47 Å². The van der Waals surface area contributed by atoms with Gasteiger partial charge in [-0.2, -0.15) is 0 Å². The second kappa shape index (κ2) is 7.14. The summed E-state index contributed by atoms with van der Waals surface area (Å²) in [5.41, 5.74) is 3.51. The van der Waals surface area contributed by atoms with E-state index in [4.69, 9.17) is 9.47 Å². The first-order valence-corrected chi connectivity index (χ1v) is 7.06. The predicted octanol–water partition coefficient (Wildman–Crippen LogP) is 3.33. The van der Waals surface area contributed by atoms with E-state index in [-0.39, 0.29) is 12.5 Å². The van der Waals surface area contributed by atoms with Gasteiger partial charge in [0.2, 0.25) is 0 Å². The Hall–Kier alpha value is -2.00. The third-order valence-corrected chi connectivity index (χ3v) is 3.66. The molecule has 0 amide bonds. The van der Waals surface area contributed by atoms with Crippen molar-refractivity contribution in [2.24, 2.45) is 0 Å². The number of hydrogen-bond acceptors (Lipinski definition) is 3. The minimum atomic E-state index is 0.0478. The first-order chi connectivity index (χ1) is 10.2. The summed E-state index contributed by atoms with van der Waals surface area (Å²) in [4.78, 5) is 0. The lowest BCUT2D eigenvalue weighted by Crippen LogP contribution is -2.08. The van der Waals surface area contributed by atoms with Crippen molar-refractivity contribution in [1.82, 2.24) is 0 Å². The van der Waals surface area contributed by atoms with Crippen molar-refractivity contribution in [2.45, 2.75) is 19.3 Å². The predicted molar refractivity (Wildman–Crippen MR) is 84.3 cm³/mol. The number of aryl methyl sites for hydroxylation is 1. The zero-order chi connectivity index (χ0) is 15.2. The zero-order valence-corrected chi connectivity index (χ0v) is 12.8. The molecule has 0 fully saturated rings. The van der Waals surface area contributed by atoms with Gasteiger partial charge in [0, 0.05) is 5.92 Å². The highest BCUT2D eigenvalue weighted by molar-refractivity contribution is 5.44. The third kappa shape index (κ3) is 3.76. The summed E-state index contributed by atoms with van der Waals surface area (Å²) < 4.78 is 10.6. The molecular weight excluding hydrogens is 264 g/mol. The van der Waals surface area contributed by atoms with Gasteiger partial charge in [0.1, 0.15) is 0 Å². The minimum Gasteiger partial charge on any atom is -0.493 e. The molecule has 0 saturated carbocycles. The Morgan fingerprint density at radius 3 is 2.38 bits per heavy atom. The van der Waals surface area contributed by atoms with E-state index in [2.05, 4.69) is 25.1 Å². The first kappa shape index (κ1) is 15.4. The molecule has 0 aliphatic heterocycles. The molecule has 0 aliphatic carbocycles. The molecule has 3 nitrogen and oxygen atoms in total. The van der Waals surface area contributed by atoms with Gasteiger partial charge in [0.15, 0.2) is 11.5 Å². The molecule has 2 aromatic carbocycles. The molecule has 0 heterocycles. The average molecular weight is 286 g/mol. The molecule has 1 unspecified atom stereocenters. The van der Waals surface area contributed by atoms with Crippen molar-refractivity contribution < 1.29 is 14.6 Å². The maximum absolute atomic E-state index is 9.73. The normalized spacial score (nSPS) is 12.0. The summed E-state index contributed by atoms with van der Waals surface area (Å²) in [6.45, 7) is 2.18. The van der Waals surface area contributed by atoms with Crippen LogP contribution in [0.3, 0.4) is 0 Å². The summed E-state index contributed by atoms with van der Waals surface area (Å²) in [5, 5.41) is 9.73. The molecule has 21 heavy (non-hydrogen) atoms. The van der Waals surface area contributed by atoms with Gasteiger partial charge >= 0.3 is 0 Å². The van der Waals surface area contributed by atoms with Gasteiger partial charge in [0.25, 0.3) is 0 Å². The summed E-state index contributed by atoms with van der Waals surface area (Å²) >= 11 is 0. The second-order valence-electron chi connectivity index (χ2n) is 5.19. The zero-order valence-electron chi connectivity index (χ0n) is 12.8. The van der Waals surface area contributed by atoms with Crippen molar-refractivity contribution in [2.75, 3.05) is 20.8 Å². The maximum atomic E-state index is 9.73. The molecule has 0 aromatic heterocycles. The molecule has 112 valence electrons. The first-order valence-electron chi connectivity index (χ1n) is 7.06. The van der Waals surface area contributed by atoms with Gasteiger partial charge in [-0.05, 0) is 36.6 Å². The van der Waals surface area contributed by atoms with Gasteiger partial charge in [-0.1, -0.05) is 35.9 Å². The maximum Gasteiger partial charge on any atom is 0.160 e. The third-order valence-electron chi connectivity index (χ3n) is 3.66. The largest absolute Gasteiger partial charge is 0.493 e. The standard InChI is InChI=1S/C18H22O3/c1-13-5-4-6-14(9-13)10-16(12-19)15-7-8-17(20-2)18(11-15)21-3/h4-9,11,16,19H,10,12H2,1-3H3. The Morgan fingerprint density at radius 1 is 1.00 bits per heavy atom. The van der Waals surface area contributed by atoms with Crippen molar-refractivity contribution in [3.63, 3.8) is 0 Å². The van der Waals surface area contributed by atoms with Crippen LogP contribution in [0.25, 0.3) is 0 Å². The quantitative estimate of drug-likeness (QED) is 0.885. The molecule has 0 aliphatic rings. The summed E-state index contributed by atoms with van der Waals surface area (Å²) in [5.74, 6) is 1.44. The van der Waals surface area contributed by atoms with E-state index >= 15 is 0 Å². The summed E-state index contributed by atoms with van der Waals surface area (Å²) in [6.07, 6.45) is 0.799. The molecule has 0 spiro atoms. The lowest BCUT2D eigenvalue weighted by molar-refractivity contribution is 0.264. The number of aliphatic hydroxyl groups is 1. The van der Waals surface area contributed by atoms with Crippen LogP contribution in [0.1, 0.15) is 22.6 Å². The van der Waals surface area contributed by atoms with Gasteiger partial charge in [-0.15, -0.1) is 0 Å². The fraction of sp³-hybridized carbons (Fsp3) is 0.333. The van der Waals surface area contributed by atoms with Crippen LogP contribution in [-0.2, 0) is 6.42 Å². The fourth-order valence-corrected chi connectivity index (χ4v) is 2.52. The second-order valence-corrected chi connectivity index (χ2v) is 5.19. The van der Waals surface area contributed by atoms with E-state index in [1.54, 1.807) is 14.2 Å². The Kier molecular flexibility index (Phi) is 5.23. The number of hydrogen-bond donors (Lipinski definition) is 1. The van der Waals surface area contributed by atoms with Crippen molar-refractivity contribution in [3.8, 4) is 11.5 Å². The molecule has 3 heteroatoms. The van der Waals surface area contributed by atoms with E-state index in [1.807, 2.05) is 24.3 Å². The van der Waals surface area contributed by atoms with E-state index in [1.165, 1.54) is 11.1 Å². The van der Waals surface area contributed by atoms with Crippen molar-refractivity contribution in [1.29, 1.82) is 0 Å². The molecule has 1 N–H and O–H groups in total. The van der Waals surface area contributed by atoms with Crippen LogP contribution in [0.5, 0.6) is 11.5 Å². The summed E-state index contributed by atoms with van der Waals surface area (Å²) in [6, 6.07) is 14.2. The monoisotopic (exact) mass is 286 g/mol. The van der Waals surface area contributed by atoms with Crippen molar-refractivity contribution >= 4 is 0 Å². The van der Waals surface area contributed by atoms with Crippen LogP contribution in [0, 0.1) is 6.92 Å². The van der Waals surface area contributed by atoms with Crippen LogP contribution in [0.2, 0.25) is 0 Å². The van der Waals surface area contributed by atoms with E-state index in [0.717, 1.165) is 12.0 Å². The highest BCUT2D eigenvalue weighted by Crippen LogP contribution is 2.31. The highest BCUT2D eigenvalue weighted by atomic mass is 16.5.